The third kappa shape index (κ3) is 4.70. The van der Waals surface area contributed by atoms with Crippen LogP contribution in [0.25, 0.3) is 22.3 Å². The fourth-order valence-electron chi connectivity index (χ4n) is 4.26. The lowest BCUT2D eigenvalue weighted by Gasteiger charge is -2.28. The van der Waals surface area contributed by atoms with Crippen LogP contribution in [0.15, 0.2) is 54.7 Å². The van der Waals surface area contributed by atoms with E-state index in [-0.39, 0.29) is 11.6 Å². The highest BCUT2D eigenvalue weighted by atomic mass is 19.1. The predicted octanol–water partition coefficient (Wildman–Crippen LogP) is 5.31. The Bertz CT molecular complexity index is 1390. The summed E-state index contributed by atoms with van der Waals surface area (Å²) in [7, 11) is 0. The first-order valence-corrected chi connectivity index (χ1v) is 11.7. The number of nitrogens with zero attached hydrogens (tertiary/aromatic N) is 4. The largest absolute Gasteiger partial charge is 0.378 e. The number of ketones is 1. The van der Waals surface area contributed by atoms with Crippen molar-refractivity contribution in [3.8, 4) is 11.4 Å². The van der Waals surface area contributed by atoms with Crippen molar-refractivity contribution >= 4 is 33.9 Å². The molecule has 1 aliphatic heterocycles. The molecule has 1 N–H and O–H groups in total. The number of morpholine rings is 1. The SMILES string of the molecule is CCC(=O)c1cc(Nc2c(C)c(-c3ccccn3)nc3cc(F)ccc23)cc(N2CCOCC2)n1. The fraction of sp³-hybridized carbons (Fsp3) is 0.259. The predicted molar refractivity (Wildman–Crippen MR) is 135 cm³/mol. The highest BCUT2D eigenvalue weighted by Gasteiger charge is 2.19. The quantitative estimate of drug-likeness (QED) is 0.382. The zero-order valence-electron chi connectivity index (χ0n) is 19.7. The number of rotatable bonds is 6. The Balaban J connectivity index is 1.65. The number of carbonyl (C=O) groups is 1. The molecule has 0 spiro atoms. The molecule has 178 valence electrons. The van der Waals surface area contributed by atoms with Crippen LogP contribution in [-0.4, -0.2) is 47.0 Å². The van der Waals surface area contributed by atoms with Crippen molar-refractivity contribution in [2.24, 2.45) is 0 Å². The Hall–Kier alpha value is -3.91. The van der Waals surface area contributed by atoms with Gasteiger partial charge in [-0.05, 0) is 37.3 Å². The van der Waals surface area contributed by atoms with Crippen molar-refractivity contribution in [1.82, 2.24) is 15.0 Å². The van der Waals surface area contributed by atoms with Gasteiger partial charge in [0.2, 0.25) is 0 Å². The van der Waals surface area contributed by atoms with Gasteiger partial charge in [0.25, 0.3) is 0 Å². The molecule has 1 aliphatic rings. The van der Waals surface area contributed by atoms with Gasteiger partial charge in [0, 0.05) is 54.5 Å². The van der Waals surface area contributed by atoms with Gasteiger partial charge in [-0.2, -0.15) is 0 Å². The average molecular weight is 472 g/mol. The second kappa shape index (κ2) is 9.76. The van der Waals surface area contributed by atoms with Crippen molar-refractivity contribution in [2.75, 3.05) is 36.5 Å². The Kier molecular flexibility index (Phi) is 6.37. The van der Waals surface area contributed by atoms with Crippen molar-refractivity contribution in [2.45, 2.75) is 20.3 Å². The summed E-state index contributed by atoms with van der Waals surface area (Å²) in [5, 5.41) is 4.28. The first kappa shape index (κ1) is 22.9. The number of nitrogens with one attached hydrogen (secondary N) is 1. The molecule has 8 heteroatoms. The number of hydrogen-bond donors (Lipinski definition) is 1. The number of anilines is 3. The lowest BCUT2D eigenvalue weighted by atomic mass is 10.0. The van der Waals surface area contributed by atoms with E-state index in [2.05, 4.69) is 20.2 Å². The molecule has 0 unspecified atom stereocenters. The van der Waals surface area contributed by atoms with Crippen LogP contribution in [0.2, 0.25) is 0 Å². The molecule has 1 saturated heterocycles. The minimum atomic E-state index is -0.360. The van der Waals surface area contributed by atoms with Crippen LogP contribution in [0.5, 0.6) is 0 Å². The third-order valence-electron chi connectivity index (χ3n) is 6.12. The number of fused-ring (bicyclic) bond motifs is 1. The molecule has 1 fully saturated rings. The molecule has 4 heterocycles. The number of ether oxygens (including phenoxy) is 1. The molecule has 1 aromatic carbocycles. The van der Waals surface area contributed by atoms with E-state index in [9.17, 15) is 9.18 Å². The first-order chi connectivity index (χ1) is 17.0. The van der Waals surface area contributed by atoms with Crippen molar-refractivity contribution in [3.63, 3.8) is 0 Å². The van der Waals surface area contributed by atoms with Crippen LogP contribution in [0, 0.1) is 12.7 Å². The number of halogens is 1. The lowest BCUT2D eigenvalue weighted by Crippen LogP contribution is -2.37. The average Bonchev–Trinajstić information content (AvgIpc) is 2.90. The minimum absolute atomic E-state index is 0.0317. The molecule has 0 radical (unpaired) electrons. The second-order valence-electron chi connectivity index (χ2n) is 8.44. The molecule has 35 heavy (non-hydrogen) atoms. The van der Waals surface area contributed by atoms with Gasteiger partial charge in [-0.25, -0.2) is 14.4 Å². The molecule has 0 amide bonds. The summed E-state index contributed by atoms with van der Waals surface area (Å²) >= 11 is 0. The fourth-order valence-corrected chi connectivity index (χ4v) is 4.26. The van der Waals surface area contributed by atoms with Crippen LogP contribution in [0.3, 0.4) is 0 Å². The number of benzene rings is 1. The van der Waals surface area contributed by atoms with Gasteiger partial charge in [-0.15, -0.1) is 0 Å². The molecular formula is C27H26FN5O2. The van der Waals surface area contributed by atoms with E-state index in [1.54, 1.807) is 18.3 Å². The van der Waals surface area contributed by atoms with Crippen molar-refractivity contribution < 1.29 is 13.9 Å². The van der Waals surface area contributed by atoms with E-state index in [1.807, 2.05) is 38.1 Å². The molecule has 0 aliphatic carbocycles. The first-order valence-electron chi connectivity index (χ1n) is 11.7. The maximum Gasteiger partial charge on any atom is 0.181 e. The number of Topliss-reactive ketones (excluding diaryl/α,β-unsaturated/α-hetero) is 1. The van der Waals surface area contributed by atoms with Crippen LogP contribution < -0.4 is 10.2 Å². The Morgan fingerprint density at radius 3 is 2.69 bits per heavy atom. The molecule has 4 aromatic rings. The molecule has 7 nitrogen and oxygen atoms in total. The van der Waals surface area contributed by atoms with Gasteiger partial charge in [0.1, 0.15) is 17.3 Å². The smallest absolute Gasteiger partial charge is 0.181 e. The third-order valence-corrected chi connectivity index (χ3v) is 6.12. The van der Waals surface area contributed by atoms with E-state index in [0.717, 1.165) is 28.1 Å². The van der Waals surface area contributed by atoms with E-state index >= 15 is 0 Å². The molecule has 0 saturated carbocycles. The molecule has 3 aromatic heterocycles. The van der Waals surface area contributed by atoms with Crippen molar-refractivity contribution in [3.05, 3.63) is 71.8 Å². The van der Waals surface area contributed by atoms with Gasteiger partial charge in [0.15, 0.2) is 5.78 Å². The van der Waals surface area contributed by atoms with Gasteiger partial charge in [0.05, 0.1) is 35.8 Å². The lowest BCUT2D eigenvalue weighted by molar-refractivity contribution is 0.0983. The summed E-state index contributed by atoms with van der Waals surface area (Å²) in [6, 6.07) is 13.9. The summed E-state index contributed by atoms with van der Waals surface area (Å²) in [6.45, 7) is 6.43. The molecular weight excluding hydrogens is 445 g/mol. The van der Waals surface area contributed by atoms with E-state index in [4.69, 9.17) is 9.72 Å². The van der Waals surface area contributed by atoms with Gasteiger partial charge >= 0.3 is 0 Å². The van der Waals surface area contributed by atoms with Crippen LogP contribution in [-0.2, 0) is 4.74 Å². The number of aromatic nitrogens is 3. The zero-order valence-corrected chi connectivity index (χ0v) is 19.7. The normalized spacial score (nSPS) is 13.7. The van der Waals surface area contributed by atoms with Crippen LogP contribution in [0.4, 0.5) is 21.6 Å². The summed E-state index contributed by atoms with van der Waals surface area (Å²) in [4.78, 5) is 28.6. The maximum atomic E-state index is 14.1. The minimum Gasteiger partial charge on any atom is -0.378 e. The summed E-state index contributed by atoms with van der Waals surface area (Å²) < 4.78 is 19.6. The van der Waals surface area contributed by atoms with Crippen LogP contribution in [0.1, 0.15) is 29.4 Å². The number of hydrogen-bond acceptors (Lipinski definition) is 7. The van der Waals surface area contributed by atoms with Gasteiger partial charge in [-0.1, -0.05) is 13.0 Å². The van der Waals surface area contributed by atoms with Crippen molar-refractivity contribution in [1.29, 1.82) is 0 Å². The summed E-state index contributed by atoms with van der Waals surface area (Å²) in [6.07, 6.45) is 2.07. The summed E-state index contributed by atoms with van der Waals surface area (Å²) in [5.41, 5.74) is 4.67. The van der Waals surface area contributed by atoms with E-state index in [0.29, 0.717) is 55.3 Å². The Labute approximate surface area is 203 Å². The maximum absolute atomic E-state index is 14.1. The van der Waals surface area contributed by atoms with Crippen LogP contribution >= 0.6 is 0 Å². The molecule has 0 bridgehead atoms. The monoisotopic (exact) mass is 471 g/mol. The highest BCUT2D eigenvalue weighted by Crippen LogP contribution is 2.35. The molecule has 0 atom stereocenters. The standard InChI is InChI=1S/C27H26FN5O2/c1-3-24(34)23-15-19(16-25(31-23)33-10-12-35-13-11-33)30-26-17(2)27(21-6-4-5-9-29-21)32-22-14-18(28)7-8-20(22)26/h4-9,14-16H,3,10-13H2,1-2H3,(H,30,31,32). The Morgan fingerprint density at radius 2 is 1.94 bits per heavy atom. The van der Waals surface area contributed by atoms with E-state index < -0.39 is 0 Å². The second-order valence-corrected chi connectivity index (χ2v) is 8.44. The van der Waals surface area contributed by atoms with Gasteiger partial charge in [-0.3, -0.25) is 9.78 Å². The van der Waals surface area contributed by atoms with Gasteiger partial charge < -0.3 is 15.0 Å². The topological polar surface area (TPSA) is 80.2 Å². The zero-order chi connectivity index (χ0) is 24.4. The summed E-state index contributed by atoms with van der Waals surface area (Å²) in [5.74, 6) is 0.332. The Morgan fingerprint density at radius 1 is 1.11 bits per heavy atom. The highest BCUT2D eigenvalue weighted by molar-refractivity contribution is 5.99. The van der Waals surface area contributed by atoms with E-state index in [1.165, 1.54) is 12.1 Å². The number of carbonyl (C=O) groups excluding carboxylic acids is 1. The molecule has 5 rings (SSSR count). The number of pyridine rings is 3.